The molecule has 0 bridgehead atoms. The molecule has 0 radical (unpaired) electrons. The number of hydrogen-bond donors (Lipinski definition) is 3. The molecule has 0 unspecified atom stereocenters. The Kier molecular flexibility index (Phi) is 5.03. The Morgan fingerprint density at radius 1 is 1.16 bits per heavy atom. The Bertz CT molecular complexity index is 815. The van der Waals surface area contributed by atoms with E-state index in [9.17, 15) is 9.59 Å². The van der Waals surface area contributed by atoms with Gasteiger partial charge in [-0.25, -0.2) is 0 Å². The number of anilines is 3. The van der Waals surface area contributed by atoms with Crippen molar-refractivity contribution in [3.63, 3.8) is 0 Å². The molecule has 5 heteroatoms. The van der Waals surface area contributed by atoms with E-state index in [0.29, 0.717) is 23.4 Å². The van der Waals surface area contributed by atoms with E-state index in [1.165, 1.54) is 0 Å². The second-order valence-corrected chi connectivity index (χ2v) is 6.25. The Morgan fingerprint density at radius 2 is 2.00 bits per heavy atom. The monoisotopic (exact) mass is 337 g/mol. The van der Waals surface area contributed by atoms with Crippen molar-refractivity contribution < 1.29 is 9.59 Å². The van der Waals surface area contributed by atoms with Gasteiger partial charge in [0.15, 0.2) is 0 Å². The molecule has 25 heavy (non-hydrogen) atoms. The molecule has 1 heterocycles. The standard InChI is InChI=1S/C20H23N3O2/c1-3-19(24)22-14-10-9-13(2)18(12-14)23-20(25)16-6-4-8-17-15(16)7-5-11-21-17/h4,6,8-10,12,21H,3,5,7,11H2,1-2H3,(H,22,24)(H,23,25). The molecule has 0 fully saturated rings. The molecule has 0 atom stereocenters. The van der Waals surface area contributed by atoms with Crippen LogP contribution in [0, 0.1) is 6.92 Å². The van der Waals surface area contributed by atoms with Gasteiger partial charge in [0.25, 0.3) is 5.91 Å². The Balaban J connectivity index is 1.84. The highest BCUT2D eigenvalue weighted by Crippen LogP contribution is 2.27. The van der Waals surface area contributed by atoms with Crippen molar-refractivity contribution in [3.8, 4) is 0 Å². The van der Waals surface area contributed by atoms with Crippen molar-refractivity contribution in [1.29, 1.82) is 0 Å². The summed E-state index contributed by atoms with van der Waals surface area (Å²) in [5, 5.41) is 9.15. The molecular formula is C20H23N3O2. The van der Waals surface area contributed by atoms with Gasteiger partial charge < -0.3 is 16.0 Å². The quantitative estimate of drug-likeness (QED) is 0.791. The molecule has 2 aromatic rings. The summed E-state index contributed by atoms with van der Waals surface area (Å²) < 4.78 is 0. The molecule has 2 amide bonds. The molecular weight excluding hydrogens is 314 g/mol. The van der Waals surface area contributed by atoms with Crippen molar-refractivity contribution in [2.45, 2.75) is 33.1 Å². The average Bonchev–Trinajstić information content (AvgIpc) is 2.63. The zero-order chi connectivity index (χ0) is 17.8. The van der Waals surface area contributed by atoms with Crippen molar-refractivity contribution in [1.82, 2.24) is 0 Å². The van der Waals surface area contributed by atoms with Gasteiger partial charge in [-0.1, -0.05) is 19.1 Å². The first kappa shape index (κ1) is 17.0. The van der Waals surface area contributed by atoms with Crippen LogP contribution in [0.5, 0.6) is 0 Å². The van der Waals surface area contributed by atoms with Gasteiger partial charge in [-0.3, -0.25) is 9.59 Å². The van der Waals surface area contributed by atoms with Gasteiger partial charge in [-0.2, -0.15) is 0 Å². The summed E-state index contributed by atoms with van der Waals surface area (Å²) in [5.41, 5.74) is 5.15. The van der Waals surface area contributed by atoms with Gasteiger partial charge in [0, 0.05) is 35.6 Å². The van der Waals surface area contributed by atoms with E-state index in [1.807, 2.05) is 37.3 Å². The van der Waals surface area contributed by atoms with Crippen molar-refractivity contribution in [2.75, 3.05) is 22.5 Å². The number of nitrogens with one attached hydrogen (secondary N) is 3. The van der Waals surface area contributed by atoms with Crippen molar-refractivity contribution in [3.05, 3.63) is 53.1 Å². The fourth-order valence-electron chi connectivity index (χ4n) is 3.00. The third kappa shape index (κ3) is 3.82. The number of amides is 2. The fourth-order valence-corrected chi connectivity index (χ4v) is 3.00. The van der Waals surface area contributed by atoms with E-state index in [0.717, 1.165) is 36.2 Å². The smallest absolute Gasteiger partial charge is 0.256 e. The van der Waals surface area contributed by atoms with Gasteiger partial charge >= 0.3 is 0 Å². The molecule has 0 saturated heterocycles. The predicted octanol–water partition coefficient (Wildman–Crippen LogP) is 3.95. The summed E-state index contributed by atoms with van der Waals surface area (Å²) in [6.45, 7) is 4.68. The van der Waals surface area contributed by atoms with E-state index in [2.05, 4.69) is 16.0 Å². The van der Waals surface area contributed by atoms with E-state index < -0.39 is 0 Å². The van der Waals surface area contributed by atoms with Crippen LogP contribution >= 0.6 is 0 Å². The first-order valence-electron chi connectivity index (χ1n) is 8.66. The number of fused-ring (bicyclic) bond motifs is 1. The van der Waals surface area contributed by atoms with Crippen LogP contribution in [0.25, 0.3) is 0 Å². The van der Waals surface area contributed by atoms with Crippen LogP contribution in [0.2, 0.25) is 0 Å². The maximum absolute atomic E-state index is 12.8. The Hall–Kier alpha value is -2.82. The van der Waals surface area contributed by atoms with E-state index in [-0.39, 0.29) is 11.8 Å². The van der Waals surface area contributed by atoms with E-state index >= 15 is 0 Å². The van der Waals surface area contributed by atoms with Crippen molar-refractivity contribution >= 4 is 28.9 Å². The van der Waals surface area contributed by atoms with Crippen LogP contribution in [0.4, 0.5) is 17.1 Å². The highest BCUT2D eigenvalue weighted by molar-refractivity contribution is 6.07. The minimum atomic E-state index is -0.123. The molecule has 0 aliphatic carbocycles. The highest BCUT2D eigenvalue weighted by Gasteiger charge is 2.18. The second kappa shape index (κ2) is 7.38. The van der Waals surface area contributed by atoms with Gasteiger partial charge in [-0.15, -0.1) is 0 Å². The maximum atomic E-state index is 12.8. The molecule has 3 rings (SSSR count). The largest absolute Gasteiger partial charge is 0.385 e. The summed E-state index contributed by atoms with van der Waals surface area (Å²) in [7, 11) is 0. The molecule has 3 N–H and O–H groups in total. The van der Waals surface area contributed by atoms with Gasteiger partial charge in [0.1, 0.15) is 0 Å². The molecule has 0 saturated carbocycles. The SMILES string of the molecule is CCC(=O)Nc1ccc(C)c(NC(=O)c2cccc3c2CCCN3)c1. The van der Waals surface area contributed by atoms with Crippen LogP contribution in [0.15, 0.2) is 36.4 Å². The minimum absolute atomic E-state index is 0.0515. The van der Waals surface area contributed by atoms with E-state index in [4.69, 9.17) is 0 Å². The lowest BCUT2D eigenvalue weighted by Gasteiger charge is -2.21. The molecule has 0 spiro atoms. The number of hydrogen-bond acceptors (Lipinski definition) is 3. The summed E-state index contributed by atoms with van der Waals surface area (Å²) >= 11 is 0. The number of carbonyl (C=O) groups is 2. The average molecular weight is 337 g/mol. The Morgan fingerprint density at radius 3 is 2.80 bits per heavy atom. The van der Waals surface area contributed by atoms with E-state index in [1.54, 1.807) is 13.0 Å². The van der Waals surface area contributed by atoms with Crippen molar-refractivity contribution in [2.24, 2.45) is 0 Å². The first-order valence-corrected chi connectivity index (χ1v) is 8.66. The summed E-state index contributed by atoms with van der Waals surface area (Å²) in [4.78, 5) is 24.4. The normalized spacial score (nSPS) is 12.7. The minimum Gasteiger partial charge on any atom is -0.385 e. The molecule has 2 aromatic carbocycles. The number of aryl methyl sites for hydroxylation is 1. The third-order valence-corrected chi connectivity index (χ3v) is 4.43. The number of benzene rings is 2. The van der Waals surface area contributed by atoms with Crippen LogP contribution in [0.3, 0.4) is 0 Å². The van der Waals surface area contributed by atoms with Gasteiger partial charge in [0.05, 0.1) is 0 Å². The summed E-state index contributed by atoms with van der Waals surface area (Å²) in [5.74, 6) is -0.174. The van der Waals surface area contributed by atoms with Crippen LogP contribution < -0.4 is 16.0 Å². The highest BCUT2D eigenvalue weighted by atomic mass is 16.2. The molecule has 1 aliphatic rings. The van der Waals surface area contributed by atoms with Crippen LogP contribution in [-0.4, -0.2) is 18.4 Å². The summed E-state index contributed by atoms with van der Waals surface area (Å²) in [6, 6.07) is 11.3. The van der Waals surface area contributed by atoms with Gasteiger partial charge in [0.2, 0.25) is 5.91 Å². The summed E-state index contributed by atoms with van der Waals surface area (Å²) in [6.07, 6.45) is 2.34. The lowest BCUT2D eigenvalue weighted by molar-refractivity contribution is -0.115. The zero-order valence-corrected chi connectivity index (χ0v) is 14.6. The molecule has 1 aliphatic heterocycles. The fraction of sp³-hybridized carbons (Fsp3) is 0.300. The topological polar surface area (TPSA) is 70.2 Å². The van der Waals surface area contributed by atoms with Gasteiger partial charge in [-0.05, 0) is 55.2 Å². The molecule has 0 aromatic heterocycles. The van der Waals surface area contributed by atoms with Crippen LogP contribution in [-0.2, 0) is 11.2 Å². The van der Waals surface area contributed by atoms with Crippen LogP contribution in [0.1, 0.15) is 41.3 Å². The second-order valence-electron chi connectivity index (χ2n) is 6.25. The lowest BCUT2D eigenvalue weighted by Crippen LogP contribution is -2.19. The maximum Gasteiger partial charge on any atom is 0.256 e. The Labute approximate surface area is 147 Å². The lowest BCUT2D eigenvalue weighted by atomic mass is 9.97. The molecule has 5 nitrogen and oxygen atoms in total. The number of rotatable bonds is 4. The molecule has 130 valence electrons. The number of carbonyl (C=O) groups excluding carboxylic acids is 2. The first-order chi connectivity index (χ1) is 12.1. The third-order valence-electron chi connectivity index (χ3n) is 4.43. The predicted molar refractivity (Wildman–Crippen MR) is 101 cm³/mol. The zero-order valence-electron chi connectivity index (χ0n) is 14.6.